The lowest BCUT2D eigenvalue weighted by Gasteiger charge is -2.40. The van der Waals surface area contributed by atoms with Gasteiger partial charge < -0.3 is 19.9 Å². The van der Waals surface area contributed by atoms with Crippen molar-refractivity contribution in [3.63, 3.8) is 0 Å². The van der Waals surface area contributed by atoms with Crippen molar-refractivity contribution in [3.05, 3.63) is 27.1 Å². The van der Waals surface area contributed by atoms with Gasteiger partial charge in [0.1, 0.15) is 11.3 Å². The van der Waals surface area contributed by atoms with Gasteiger partial charge in [-0.25, -0.2) is 4.63 Å². The minimum atomic E-state index is -0.182. The third-order valence-corrected chi connectivity index (χ3v) is 7.44. The van der Waals surface area contributed by atoms with Crippen LogP contribution in [0.15, 0.2) is 10.7 Å². The Morgan fingerprint density at radius 3 is 2.71 bits per heavy atom. The Balaban J connectivity index is 1.31. The summed E-state index contributed by atoms with van der Waals surface area (Å²) in [6.07, 6.45) is 2.87. The summed E-state index contributed by atoms with van der Waals surface area (Å²) in [7, 11) is 0. The highest BCUT2D eigenvalue weighted by atomic mass is 32.1. The molecule has 3 aliphatic heterocycles. The van der Waals surface area contributed by atoms with Gasteiger partial charge in [0.25, 0.3) is 5.91 Å². The fourth-order valence-electron chi connectivity index (χ4n) is 4.52. The zero-order valence-corrected chi connectivity index (χ0v) is 16.9. The van der Waals surface area contributed by atoms with Gasteiger partial charge in [-0.05, 0) is 56.1 Å². The average Bonchev–Trinajstić information content (AvgIpc) is 3.36. The van der Waals surface area contributed by atoms with E-state index in [0.29, 0.717) is 13.1 Å². The first kappa shape index (κ1) is 18.1. The van der Waals surface area contributed by atoms with Crippen LogP contribution in [-0.4, -0.2) is 67.0 Å². The van der Waals surface area contributed by atoms with E-state index in [-0.39, 0.29) is 11.5 Å². The molecule has 28 heavy (non-hydrogen) atoms. The van der Waals surface area contributed by atoms with Crippen molar-refractivity contribution in [2.45, 2.75) is 31.8 Å². The molecule has 3 aliphatic rings. The van der Waals surface area contributed by atoms with Crippen LogP contribution >= 0.6 is 11.3 Å². The molecule has 0 aliphatic carbocycles. The van der Waals surface area contributed by atoms with Gasteiger partial charge in [-0.3, -0.25) is 4.79 Å². The maximum Gasteiger partial charge on any atom is 0.264 e. The smallest absolute Gasteiger partial charge is 0.264 e. The molecule has 0 saturated carbocycles. The number of rotatable bonds is 2. The van der Waals surface area contributed by atoms with E-state index in [4.69, 9.17) is 9.37 Å². The van der Waals surface area contributed by atoms with Crippen molar-refractivity contribution in [2.24, 2.45) is 0 Å². The molecule has 0 radical (unpaired) electrons. The number of hydrogen-bond acceptors (Lipinski definition) is 8. The maximum absolute atomic E-state index is 13.2. The number of ether oxygens (including phenoxy) is 1. The second-order valence-electron chi connectivity index (χ2n) is 7.76. The van der Waals surface area contributed by atoms with E-state index < -0.39 is 0 Å². The van der Waals surface area contributed by atoms with Gasteiger partial charge in [-0.15, -0.1) is 11.3 Å². The standard InChI is InChI=1S/C19H25N5O3S/c1-13-17(22-27-21-13)23-7-9-24(10-8-23)18(25)15-12-14-2-11-26-19(16(14)28-15)3-5-20-6-4-19/h12,20H,2-11H2,1H3. The number of nitrogens with zero attached hydrogens (tertiary/aromatic N) is 4. The van der Waals surface area contributed by atoms with Crippen LogP contribution in [-0.2, 0) is 16.8 Å². The summed E-state index contributed by atoms with van der Waals surface area (Å²) >= 11 is 1.65. The summed E-state index contributed by atoms with van der Waals surface area (Å²) in [4.78, 5) is 19.4. The van der Waals surface area contributed by atoms with Gasteiger partial charge in [0.2, 0.25) is 0 Å². The van der Waals surface area contributed by atoms with Crippen molar-refractivity contribution in [1.82, 2.24) is 20.5 Å². The van der Waals surface area contributed by atoms with Crippen LogP contribution in [0.4, 0.5) is 5.82 Å². The SMILES string of the molecule is Cc1nonc1N1CCN(C(=O)c2cc3c(s2)C2(CCNCC2)OCC3)CC1. The highest BCUT2D eigenvalue weighted by Gasteiger charge is 2.41. The Kier molecular flexibility index (Phi) is 4.60. The van der Waals surface area contributed by atoms with Crippen molar-refractivity contribution in [3.8, 4) is 0 Å². The van der Waals surface area contributed by atoms with Gasteiger partial charge in [0, 0.05) is 31.1 Å². The molecule has 1 amide bonds. The number of amides is 1. The summed E-state index contributed by atoms with van der Waals surface area (Å²) in [6.45, 7) is 7.42. The summed E-state index contributed by atoms with van der Waals surface area (Å²) in [5, 5.41) is 11.2. The first-order valence-electron chi connectivity index (χ1n) is 9.97. The van der Waals surface area contributed by atoms with Crippen LogP contribution < -0.4 is 10.2 Å². The molecule has 5 rings (SSSR count). The van der Waals surface area contributed by atoms with E-state index >= 15 is 0 Å². The number of piperidine rings is 1. The predicted molar refractivity (Wildman–Crippen MR) is 105 cm³/mol. The monoisotopic (exact) mass is 403 g/mol. The summed E-state index contributed by atoms with van der Waals surface area (Å²) in [5.74, 6) is 0.918. The summed E-state index contributed by atoms with van der Waals surface area (Å²) in [5.41, 5.74) is 1.92. The van der Waals surface area contributed by atoms with E-state index in [9.17, 15) is 4.79 Å². The molecule has 0 unspecified atom stereocenters. The number of carbonyl (C=O) groups excluding carboxylic acids is 1. The maximum atomic E-state index is 13.2. The number of aryl methyl sites for hydroxylation is 1. The first-order valence-corrected chi connectivity index (χ1v) is 10.8. The molecule has 5 heterocycles. The minimum absolute atomic E-state index is 0.137. The number of fused-ring (bicyclic) bond motifs is 2. The van der Waals surface area contributed by atoms with Crippen molar-refractivity contribution in [2.75, 3.05) is 50.8 Å². The molecule has 1 N–H and O–H groups in total. The second kappa shape index (κ2) is 7.13. The molecule has 0 aromatic carbocycles. The predicted octanol–water partition coefficient (Wildman–Crippen LogP) is 1.55. The molecule has 2 fully saturated rings. The molecule has 0 bridgehead atoms. The number of anilines is 1. The van der Waals surface area contributed by atoms with Gasteiger partial charge in [0.05, 0.1) is 11.5 Å². The largest absolute Gasteiger partial charge is 0.369 e. The third kappa shape index (κ3) is 3.01. The fourth-order valence-corrected chi connectivity index (χ4v) is 5.90. The van der Waals surface area contributed by atoms with E-state index in [1.807, 2.05) is 11.8 Å². The number of nitrogens with one attached hydrogen (secondary N) is 1. The number of carbonyl (C=O) groups is 1. The highest BCUT2D eigenvalue weighted by molar-refractivity contribution is 7.14. The Labute approximate surface area is 167 Å². The Morgan fingerprint density at radius 2 is 2.00 bits per heavy atom. The van der Waals surface area contributed by atoms with E-state index in [2.05, 4.69) is 26.6 Å². The molecule has 1 spiro atoms. The van der Waals surface area contributed by atoms with Gasteiger partial charge in [-0.2, -0.15) is 0 Å². The van der Waals surface area contributed by atoms with E-state index in [1.54, 1.807) is 11.3 Å². The molecule has 9 heteroatoms. The average molecular weight is 404 g/mol. The molecular formula is C19H25N5O3S. The summed E-state index contributed by atoms with van der Waals surface area (Å²) < 4.78 is 11.1. The molecule has 8 nitrogen and oxygen atoms in total. The minimum Gasteiger partial charge on any atom is -0.369 e. The quantitative estimate of drug-likeness (QED) is 0.815. The molecule has 2 aromatic heterocycles. The fraction of sp³-hybridized carbons (Fsp3) is 0.632. The molecule has 2 aromatic rings. The molecular weight excluding hydrogens is 378 g/mol. The van der Waals surface area contributed by atoms with Crippen LogP contribution in [0.2, 0.25) is 0 Å². The number of aromatic nitrogens is 2. The highest BCUT2D eigenvalue weighted by Crippen LogP contribution is 2.44. The van der Waals surface area contributed by atoms with Crippen LogP contribution in [0.1, 0.15) is 38.6 Å². The Hall–Kier alpha value is -1.97. The molecule has 2 saturated heterocycles. The van der Waals surface area contributed by atoms with Crippen molar-refractivity contribution < 1.29 is 14.2 Å². The van der Waals surface area contributed by atoms with Gasteiger partial charge in [0.15, 0.2) is 5.82 Å². The van der Waals surface area contributed by atoms with Crippen LogP contribution in [0.3, 0.4) is 0 Å². The topological polar surface area (TPSA) is 83.7 Å². The molecule has 150 valence electrons. The van der Waals surface area contributed by atoms with Crippen LogP contribution in [0.5, 0.6) is 0 Å². The van der Waals surface area contributed by atoms with Gasteiger partial charge >= 0.3 is 0 Å². The lowest BCUT2D eigenvalue weighted by Crippen LogP contribution is -2.49. The van der Waals surface area contributed by atoms with E-state index in [1.165, 1.54) is 10.4 Å². The number of thiophene rings is 1. The first-order chi connectivity index (χ1) is 13.7. The number of hydrogen-bond donors (Lipinski definition) is 1. The Morgan fingerprint density at radius 1 is 1.21 bits per heavy atom. The lowest BCUT2D eigenvalue weighted by atomic mass is 9.86. The second-order valence-corrected chi connectivity index (χ2v) is 8.81. The lowest BCUT2D eigenvalue weighted by molar-refractivity contribution is -0.0771. The zero-order chi connectivity index (χ0) is 19.1. The van der Waals surface area contributed by atoms with Crippen LogP contribution in [0, 0.1) is 6.92 Å². The summed E-state index contributed by atoms with van der Waals surface area (Å²) in [6, 6.07) is 2.12. The van der Waals surface area contributed by atoms with E-state index in [0.717, 1.165) is 68.4 Å². The Bertz CT molecular complexity index is 865. The normalized spacial score (nSPS) is 21.8. The van der Waals surface area contributed by atoms with Crippen molar-refractivity contribution >= 4 is 23.1 Å². The number of piperazine rings is 1. The van der Waals surface area contributed by atoms with Crippen LogP contribution in [0.25, 0.3) is 0 Å². The zero-order valence-electron chi connectivity index (χ0n) is 16.1. The third-order valence-electron chi connectivity index (χ3n) is 6.09. The van der Waals surface area contributed by atoms with Crippen molar-refractivity contribution in [1.29, 1.82) is 0 Å². The molecule has 0 atom stereocenters. The van der Waals surface area contributed by atoms with Gasteiger partial charge in [-0.1, -0.05) is 5.16 Å².